The summed E-state index contributed by atoms with van der Waals surface area (Å²) < 4.78 is 43.1. The summed E-state index contributed by atoms with van der Waals surface area (Å²) in [6.45, 7) is -0.714. The lowest BCUT2D eigenvalue weighted by atomic mass is 9.93. The molecule has 0 aliphatic carbocycles. The number of carbonyl (C=O) groups is 1. The summed E-state index contributed by atoms with van der Waals surface area (Å²) in [7, 11) is -4.61. The zero-order chi connectivity index (χ0) is 23.6. The van der Waals surface area contributed by atoms with Gasteiger partial charge in [0.05, 0.1) is 33.7 Å². The summed E-state index contributed by atoms with van der Waals surface area (Å²) in [4.78, 5) is 31.3. The number of nitrogens with one attached hydrogen (secondary N) is 2. The van der Waals surface area contributed by atoms with E-state index in [1.165, 1.54) is 12.2 Å². The predicted octanol–water partition coefficient (Wildman–Crippen LogP) is -1.29. The van der Waals surface area contributed by atoms with Crippen LogP contribution in [0.5, 0.6) is 0 Å². The molecular formula is C15H28N3O11P2+. The highest BCUT2D eigenvalue weighted by molar-refractivity contribution is 7.61. The number of quaternary nitrogens is 1. The molecule has 2 heterocycles. The van der Waals surface area contributed by atoms with Crippen LogP contribution in [0.25, 0.3) is 0 Å². The summed E-state index contributed by atoms with van der Waals surface area (Å²) in [5.74, 6) is -1.80. The van der Waals surface area contributed by atoms with Gasteiger partial charge in [-0.3, -0.25) is 19.3 Å². The first-order valence-electron chi connectivity index (χ1n) is 9.16. The minimum absolute atomic E-state index is 0.148. The number of phosphoric ester groups is 2. The molecular weight excluding hydrogens is 460 g/mol. The van der Waals surface area contributed by atoms with Gasteiger partial charge in [0, 0.05) is 0 Å². The summed E-state index contributed by atoms with van der Waals surface area (Å²) >= 11 is 0. The maximum Gasteiger partial charge on any atom is 0.481 e. The number of carbonyl (C=O) groups excluding carboxylic acids is 1. The molecule has 14 nitrogen and oxygen atoms in total. The molecule has 0 saturated carbocycles. The fraction of sp³-hybridized carbons (Fsp3) is 0.733. The van der Waals surface area contributed by atoms with Crippen molar-refractivity contribution >= 4 is 27.4 Å². The summed E-state index contributed by atoms with van der Waals surface area (Å²) in [5, 5.41) is 29.9. The van der Waals surface area contributed by atoms with E-state index in [9.17, 15) is 33.9 Å². The fourth-order valence-electron chi connectivity index (χ4n) is 2.79. The van der Waals surface area contributed by atoms with Crippen LogP contribution in [-0.2, 0) is 32.0 Å². The van der Waals surface area contributed by atoms with Gasteiger partial charge in [0.15, 0.2) is 0 Å². The topological polar surface area (TPSA) is 205 Å². The molecule has 1 saturated heterocycles. The Balaban J connectivity index is 1.91. The molecule has 0 radical (unpaired) electrons. The molecule has 2 aliphatic heterocycles. The zero-order valence-electron chi connectivity index (χ0n) is 17.2. The Morgan fingerprint density at radius 3 is 2.35 bits per heavy atom. The molecule has 2 aliphatic rings. The van der Waals surface area contributed by atoms with Crippen LogP contribution in [0.3, 0.4) is 0 Å². The van der Waals surface area contributed by atoms with Gasteiger partial charge in [-0.2, -0.15) is 4.31 Å². The quantitative estimate of drug-likeness (QED) is 0.158. The van der Waals surface area contributed by atoms with Crippen LogP contribution >= 0.6 is 15.6 Å². The second kappa shape index (κ2) is 9.86. The number of hydrogen-bond donors (Lipinski definition) is 6. The van der Waals surface area contributed by atoms with Gasteiger partial charge in [-0.25, -0.2) is 9.13 Å². The van der Waals surface area contributed by atoms with E-state index < -0.39 is 58.5 Å². The number of hydrogen-bond acceptors (Lipinski definition) is 10. The number of rotatable bonds is 10. The normalized spacial score (nSPS) is 33.1. The molecule has 16 heteroatoms. The maximum atomic E-state index is 12.0. The molecule has 31 heavy (non-hydrogen) atoms. The molecule has 178 valence electrons. The summed E-state index contributed by atoms with van der Waals surface area (Å²) in [6.07, 6.45) is -3.08. The summed E-state index contributed by atoms with van der Waals surface area (Å²) in [5.41, 5.74) is 0. The number of nitrogens with zero attached hydrogens (tertiary/aromatic N) is 1. The van der Waals surface area contributed by atoms with E-state index in [1.807, 2.05) is 0 Å². The first kappa shape index (κ1) is 26.2. The van der Waals surface area contributed by atoms with E-state index in [4.69, 9.17) is 10.1 Å². The summed E-state index contributed by atoms with van der Waals surface area (Å²) in [6, 6.07) is 0. The Morgan fingerprint density at radius 1 is 1.16 bits per heavy atom. The lowest BCUT2D eigenvalue weighted by Gasteiger charge is -2.25. The third-order valence-electron chi connectivity index (χ3n) is 4.41. The largest absolute Gasteiger partial charge is 0.481 e. The third-order valence-corrected chi connectivity index (χ3v) is 7.04. The van der Waals surface area contributed by atoms with Gasteiger partial charge in [0.2, 0.25) is 5.91 Å². The zero-order valence-corrected chi connectivity index (χ0v) is 18.9. The molecule has 0 aromatic rings. The Kier molecular flexibility index (Phi) is 8.34. The van der Waals surface area contributed by atoms with E-state index in [0.29, 0.717) is 11.0 Å². The van der Waals surface area contributed by atoms with Gasteiger partial charge in [0.1, 0.15) is 43.4 Å². The standard InChI is InChI=1S/C15H27N3O11P2/c1-18(2,3)6-7-26-30(22,23)29-31(24,25)27-8-10-12(19)13(20)14(28-10)9-4-5-11(16)17-15(9)21/h4-5,9-10,12-14,19-20H,6-8H2,1-3H3,(H3-,16,17,21,22,23,24,25)/p+1. The second-order valence-corrected chi connectivity index (χ2v) is 11.1. The van der Waals surface area contributed by atoms with Crippen LogP contribution in [0.1, 0.15) is 0 Å². The van der Waals surface area contributed by atoms with Crippen molar-refractivity contribution in [2.75, 3.05) is 40.9 Å². The van der Waals surface area contributed by atoms with Crippen molar-refractivity contribution in [1.82, 2.24) is 5.32 Å². The van der Waals surface area contributed by atoms with Crippen LogP contribution in [0, 0.1) is 11.3 Å². The Hall–Kier alpha value is -1.02. The maximum absolute atomic E-state index is 12.0. The average Bonchev–Trinajstić information content (AvgIpc) is 2.86. The number of aliphatic hydroxyl groups excluding tert-OH is 2. The first-order chi connectivity index (χ1) is 14.1. The van der Waals surface area contributed by atoms with E-state index >= 15 is 0 Å². The van der Waals surface area contributed by atoms with Crippen molar-refractivity contribution < 1.29 is 56.5 Å². The highest BCUT2D eigenvalue weighted by Crippen LogP contribution is 2.60. The molecule has 7 atom stereocenters. The van der Waals surface area contributed by atoms with E-state index in [2.05, 4.69) is 18.7 Å². The molecule has 6 N–H and O–H groups in total. The molecule has 0 aromatic carbocycles. The van der Waals surface area contributed by atoms with E-state index in [0.717, 1.165) is 0 Å². The fourth-order valence-corrected chi connectivity index (χ4v) is 4.86. The number of aliphatic hydroxyl groups is 2. The smallest absolute Gasteiger partial charge is 0.388 e. The first-order valence-corrected chi connectivity index (χ1v) is 12.1. The van der Waals surface area contributed by atoms with Crippen molar-refractivity contribution in [2.45, 2.75) is 24.4 Å². The Bertz CT molecular complexity index is 815. The van der Waals surface area contributed by atoms with Gasteiger partial charge in [-0.05, 0) is 6.08 Å². The van der Waals surface area contributed by atoms with Crippen molar-refractivity contribution in [3.8, 4) is 0 Å². The molecule has 1 amide bonds. The van der Waals surface area contributed by atoms with Crippen LogP contribution in [0.15, 0.2) is 12.2 Å². The van der Waals surface area contributed by atoms with Gasteiger partial charge in [-0.1, -0.05) is 6.08 Å². The van der Waals surface area contributed by atoms with Gasteiger partial charge in [0.25, 0.3) is 0 Å². The van der Waals surface area contributed by atoms with Crippen molar-refractivity contribution in [3.63, 3.8) is 0 Å². The Morgan fingerprint density at radius 2 is 1.77 bits per heavy atom. The number of likely N-dealkylation sites (N-methyl/N-ethyl adjacent to an activating group) is 1. The second-order valence-electron chi connectivity index (χ2n) is 8.07. The van der Waals surface area contributed by atoms with Crippen molar-refractivity contribution in [2.24, 2.45) is 5.92 Å². The molecule has 0 spiro atoms. The molecule has 2 rings (SSSR count). The minimum atomic E-state index is -5.10. The SMILES string of the molecule is C[N+](C)(C)CCOP(=O)(O)OP(=O)(O)OCC1OC(C2C=CC(=N)NC2=O)C(O)C1O. The van der Waals surface area contributed by atoms with Crippen LogP contribution in [0.2, 0.25) is 0 Å². The van der Waals surface area contributed by atoms with E-state index in [1.54, 1.807) is 21.1 Å². The highest BCUT2D eigenvalue weighted by atomic mass is 31.3. The monoisotopic (exact) mass is 488 g/mol. The van der Waals surface area contributed by atoms with Crippen molar-refractivity contribution in [3.05, 3.63) is 12.2 Å². The van der Waals surface area contributed by atoms with Gasteiger partial charge >= 0.3 is 15.6 Å². The van der Waals surface area contributed by atoms with Gasteiger partial charge < -0.3 is 34.5 Å². The lowest BCUT2D eigenvalue weighted by Crippen LogP contribution is -2.46. The Labute approximate surface area is 178 Å². The minimum Gasteiger partial charge on any atom is -0.388 e. The van der Waals surface area contributed by atoms with E-state index in [-0.39, 0.29) is 12.4 Å². The molecule has 0 bridgehead atoms. The number of ether oxygens (including phenoxy) is 1. The number of amides is 1. The van der Waals surface area contributed by atoms with Crippen LogP contribution < -0.4 is 5.32 Å². The molecule has 7 unspecified atom stereocenters. The molecule has 1 fully saturated rings. The number of phosphoric acid groups is 2. The predicted molar refractivity (Wildman–Crippen MR) is 105 cm³/mol. The lowest BCUT2D eigenvalue weighted by molar-refractivity contribution is -0.870. The van der Waals surface area contributed by atoms with Crippen molar-refractivity contribution in [1.29, 1.82) is 5.41 Å². The third kappa shape index (κ3) is 7.81. The molecule has 0 aromatic heterocycles. The van der Waals surface area contributed by atoms with Crippen LogP contribution in [-0.4, -0.2) is 102 Å². The average molecular weight is 488 g/mol. The number of amidine groups is 1. The van der Waals surface area contributed by atoms with Crippen LogP contribution in [0.4, 0.5) is 0 Å². The highest BCUT2D eigenvalue weighted by Gasteiger charge is 2.49. The van der Waals surface area contributed by atoms with Gasteiger partial charge in [-0.15, -0.1) is 0 Å².